The molecule has 6 nitrogen and oxygen atoms in total. The van der Waals surface area contributed by atoms with Crippen molar-refractivity contribution in [2.45, 2.75) is 19.8 Å². The molecule has 0 aliphatic carbocycles. The lowest BCUT2D eigenvalue weighted by Crippen LogP contribution is -2.44. The van der Waals surface area contributed by atoms with Gasteiger partial charge in [0.15, 0.2) is 17.7 Å². The van der Waals surface area contributed by atoms with Crippen molar-refractivity contribution in [1.82, 2.24) is 10.2 Å². The normalized spacial score (nSPS) is 13.9. The number of guanidine groups is 2. The Labute approximate surface area is 118 Å². The van der Waals surface area contributed by atoms with Crippen LogP contribution in [0.1, 0.15) is 30.1 Å². The van der Waals surface area contributed by atoms with Crippen LogP contribution in [-0.2, 0) is 0 Å². The van der Waals surface area contributed by atoms with Crippen molar-refractivity contribution in [3.63, 3.8) is 0 Å². The minimum atomic E-state index is 0.0144. The number of hydrogen-bond acceptors (Lipinski definition) is 3. The van der Waals surface area contributed by atoms with Crippen LogP contribution in [0.3, 0.4) is 0 Å². The van der Waals surface area contributed by atoms with Crippen LogP contribution in [0.25, 0.3) is 0 Å². The second-order valence-electron chi connectivity index (χ2n) is 4.80. The highest BCUT2D eigenvalue weighted by Crippen LogP contribution is 2.10. The van der Waals surface area contributed by atoms with Gasteiger partial charge in [-0.2, -0.15) is 0 Å². The Bertz CT molecular complexity index is 517. The Morgan fingerprint density at radius 1 is 1.15 bits per heavy atom. The number of rotatable bonds is 2. The summed E-state index contributed by atoms with van der Waals surface area (Å²) in [5, 5.41) is 21.2. The molecule has 1 aromatic rings. The number of likely N-dealkylation sites (tertiary alicyclic amines) is 1. The largest absolute Gasteiger partial charge is 0.343 e. The summed E-state index contributed by atoms with van der Waals surface area (Å²) in [7, 11) is 0. The molecule has 0 spiro atoms. The second kappa shape index (κ2) is 6.18. The molecule has 0 radical (unpaired) electrons. The van der Waals surface area contributed by atoms with Crippen molar-refractivity contribution >= 4 is 23.4 Å². The molecule has 0 atom stereocenters. The molecular weight excluding hydrogens is 254 g/mol. The van der Waals surface area contributed by atoms with Crippen molar-refractivity contribution in [3.05, 3.63) is 29.8 Å². The number of Topliss-reactive ketones (excluding diaryl/α,β-unsaturated/α-hetero) is 1. The third-order valence-corrected chi connectivity index (χ3v) is 3.23. The molecule has 1 aromatic carbocycles. The van der Waals surface area contributed by atoms with Crippen molar-refractivity contribution in [2.24, 2.45) is 0 Å². The monoisotopic (exact) mass is 273 g/mol. The van der Waals surface area contributed by atoms with Crippen LogP contribution in [0.5, 0.6) is 0 Å². The van der Waals surface area contributed by atoms with Gasteiger partial charge in [-0.1, -0.05) is 0 Å². The molecule has 0 saturated carbocycles. The van der Waals surface area contributed by atoms with E-state index in [1.165, 1.54) is 6.92 Å². The first-order valence-corrected chi connectivity index (χ1v) is 6.63. The smallest absolute Gasteiger partial charge is 0.199 e. The average Bonchev–Trinajstić information content (AvgIpc) is 2.93. The number of benzene rings is 1. The van der Waals surface area contributed by atoms with Gasteiger partial charge >= 0.3 is 0 Å². The Morgan fingerprint density at radius 3 is 2.30 bits per heavy atom. The summed E-state index contributed by atoms with van der Waals surface area (Å²) in [5.41, 5.74) is 1.35. The molecule has 2 rings (SSSR count). The van der Waals surface area contributed by atoms with Gasteiger partial charge in [0.25, 0.3) is 0 Å². The van der Waals surface area contributed by atoms with Gasteiger partial charge in [0.1, 0.15) is 0 Å². The lowest BCUT2D eigenvalue weighted by atomic mass is 10.1. The van der Waals surface area contributed by atoms with E-state index in [9.17, 15) is 4.79 Å². The molecule has 1 heterocycles. The van der Waals surface area contributed by atoms with Crippen molar-refractivity contribution in [3.8, 4) is 0 Å². The Kier molecular flexibility index (Phi) is 4.34. The first-order valence-electron chi connectivity index (χ1n) is 6.63. The fraction of sp³-hybridized carbons (Fsp3) is 0.357. The van der Waals surface area contributed by atoms with Crippen LogP contribution in [0.4, 0.5) is 5.69 Å². The summed E-state index contributed by atoms with van der Waals surface area (Å²) in [6, 6.07) is 6.91. The molecule has 20 heavy (non-hydrogen) atoms. The maximum Gasteiger partial charge on any atom is 0.199 e. The van der Waals surface area contributed by atoms with Crippen molar-refractivity contribution in [1.29, 1.82) is 10.8 Å². The molecule has 0 unspecified atom stereocenters. The topological polar surface area (TPSA) is 92.1 Å². The molecule has 0 aromatic heterocycles. The quantitative estimate of drug-likeness (QED) is 0.376. The van der Waals surface area contributed by atoms with E-state index in [1.54, 1.807) is 24.3 Å². The zero-order valence-electron chi connectivity index (χ0n) is 11.5. The van der Waals surface area contributed by atoms with Crippen LogP contribution in [0.2, 0.25) is 0 Å². The summed E-state index contributed by atoms with van der Waals surface area (Å²) in [5.74, 6) is 0.318. The van der Waals surface area contributed by atoms with Gasteiger partial charge in [0.05, 0.1) is 0 Å². The first kappa shape index (κ1) is 14.0. The zero-order chi connectivity index (χ0) is 14.5. The Balaban J connectivity index is 1.87. The highest BCUT2D eigenvalue weighted by atomic mass is 16.1. The van der Waals surface area contributed by atoms with Crippen LogP contribution in [-0.4, -0.2) is 35.7 Å². The summed E-state index contributed by atoms with van der Waals surface area (Å²) in [6.45, 7) is 3.25. The van der Waals surface area contributed by atoms with Crippen LogP contribution >= 0.6 is 0 Å². The molecule has 1 fully saturated rings. The standard InChI is InChI=1S/C14H19N5O/c1-10(20)11-4-6-12(7-5-11)17-13(15)18-14(16)19-8-2-3-9-19/h4-7H,2-3,8-9H2,1H3,(H4,15,16,17,18). The van der Waals surface area contributed by atoms with E-state index in [0.717, 1.165) is 25.9 Å². The molecule has 106 valence electrons. The summed E-state index contributed by atoms with van der Waals surface area (Å²) in [4.78, 5) is 13.1. The third kappa shape index (κ3) is 3.57. The van der Waals surface area contributed by atoms with Gasteiger partial charge in [0.2, 0.25) is 0 Å². The van der Waals surface area contributed by atoms with Crippen molar-refractivity contribution in [2.75, 3.05) is 18.4 Å². The summed E-state index contributed by atoms with van der Waals surface area (Å²) in [6.07, 6.45) is 2.19. The minimum absolute atomic E-state index is 0.0144. The number of nitrogens with one attached hydrogen (secondary N) is 4. The molecule has 1 saturated heterocycles. The van der Waals surface area contributed by atoms with E-state index < -0.39 is 0 Å². The van der Waals surface area contributed by atoms with Gasteiger partial charge in [-0.15, -0.1) is 0 Å². The molecular formula is C14H19N5O. The van der Waals surface area contributed by atoms with E-state index in [4.69, 9.17) is 10.8 Å². The second-order valence-corrected chi connectivity index (χ2v) is 4.80. The lowest BCUT2D eigenvalue weighted by Gasteiger charge is -2.20. The number of carbonyl (C=O) groups excluding carboxylic acids is 1. The van der Waals surface area contributed by atoms with Gasteiger partial charge in [-0.25, -0.2) is 0 Å². The summed E-state index contributed by atoms with van der Waals surface area (Å²) < 4.78 is 0. The highest BCUT2D eigenvalue weighted by molar-refractivity contribution is 6.03. The molecule has 6 heteroatoms. The zero-order valence-corrected chi connectivity index (χ0v) is 11.5. The van der Waals surface area contributed by atoms with Gasteiger partial charge in [-0.3, -0.25) is 20.9 Å². The molecule has 1 aliphatic heterocycles. The Morgan fingerprint density at radius 2 is 1.75 bits per heavy atom. The maximum atomic E-state index is 11.2. The Hall–Kier alpha value is -2.37. The summed E-state index contributed by atoms with van der Waals surface area (Å²) >= 11 is 0. The van der Waals surface area contributed by atoms with Gasteiger partial charge in [-0.05, 0) is 44.0 Å². The predicted octanol–water partition coefficient (Wildman–Crippen LogP) is 1.86. The van der Waals surface area contributed by atoms with Crippen LogP contribution < -0.4 is 10.6 Å². The predicted molar refractivity (Wildman–Crippen MR) is 79.5 cm³/mol. The molecule has 0 bridgehead atoms. The highest BCUT2D eigenvalue weighted by Gasteiger charge is 2.15. The fourth-order valence-electron chi connectivity index (χ4n) is 2.10. The van der Waals surface area contributed by atoms with E-state index >= 15 is 0 Å². The van der Waals surface area contributed by atoms with E-state index in [-0.39, 0.29) is 17.7 Å². The van der Waals surface area contributed by atoms with E-state index in [2.05, 4.69) is 10.6 Å². The number of nitrogens with zero attached hydrogens (tertiary/aromatic N) is 1. The lowest BCUT2D eigenvalue weighted by molar-refractivity contribution is 0.101. The molecule has 4 N–H and O–H groups in total. The molecule has 0 amide bonds. The third-order valence-electron chi connectivity index (χ3n) is 3.23. The number of carbonyl (C=O) groups is 1. The fourth-order valence-corrected chi connectivity index (χ4v) is 2.10. The SMILES string of the molecule is CC(=O)c1ccc(NC(=N)NC(=N)N2CCCC2)cc1. The van der Waals surface area contributed by atoms with Gasteiger partial charge in [0, 0.05) is 24.3 Å². The number of anilines is 1. The first-order chi connectivity index (χ1) is 9.56. The van der Waals surface area contributed by atoms with E-state index in [1.807, 2.05) is 4.90 Å². The molecule has 1 aliphatic rings. The number of hydrogen-bond donors (Lipinski definition) is 4. The van der Waals surface area contributed by atoms with Crippen LogP contribution in [0.15, 0.2) is 24.3 Å². The average molecular weight is 273 g/mol. The minimum Gasteiger partial charge on any atom is -0.343 e. The maximum absolute atomic E-state index is 11.2. The van der Waals surface area contributed by atoms with Crippen LogP contribution in [0, 0.1) is 10.8 Å². The van der Waals surface area contributed by atoms with Crippen molar-refractivity contribution < 1.29 is 4.79 Å². The van der Waals surface area contributed by atoms with E-state index in [0.29, 0.717) is 11.3 Å². The number of ketones is 1. The van der Waals surface area contributed by atoms with Gasteiger partial charge < -0.3 is 10.2 Å².